The zero-order valence-electron chi connectivity index (χ0n) is 13.6. The second-order valence-corrected chi connectivity index (χ2v) is 5.77. The number of primary amides is 1. The fourth-order valence-corrected chi connectivity index (χ4v) is 3.00. The van der Waals surface area contributed by atoms with Gasteiger partial charge in [-0.15, -0.1) is 0 Å². The summed E-state index contributed by atoms with van der Waals surface area (Å²) in [6.45, 7) is 0.164. The van der Waals surface area contributed by atoms with E-state index in [4.69, 9.17) is 5.73 Å². The summed E-state index contributed by atoms with van der Waals surface area (Å²) < 4.78 is 4.60. The van der Waals surface area contributed by atoms with Gasteiger partial charge in [-0.25, -0.2) is 4.79 Å². The molecular formula is C16H16N4O6. The number of nitrogens with zero attached hydrogens (tertiary/aromatic N) is 1. The van der Waals surface area contributed by atoms with E-state index in [0.717, 1.165) is 4.90 Å². The molecule has 1 aromatic rings. The summed E-state index contributed by atoms with van der Waals surface area (Å²) in [5, 5.41) is 5.05. The second-order valence-electron chi connectivity index (χ2n) is 5.77. The molecule has 1 saturated heterocycles. The van der Waals surface area contributed by atoms with Gasteiger partial charge in [-0.05, 0) is 18.6 Å². The summed E-state index contributed by atoms with van der Waals surface area (Å²) in [6, 6.07) is 3.66. The smallest absolute Gasteiger partial charge is 0.404 e. The molecule has 0 aromatic heterocycles. The van der Waals surface area contributed by atoms with Crippen molar-refractivity contribution in [3.8, 4) is 0 Å². The zero-order chi connectivity index (χ0) is 18.8. The lowest BCUT2D eigenvalue weighted by molar-refractivity contribution is -0.136. The van der Waals surface area contributed by atoms with Crippen LogP contribution in [0.3, 0.4) is 0 Å². The van der Waals surface area contributed by atoms with Crippen LogP contribution in [0.25, 0.3) is 0 Å². The number of nitrogens with two attached hydrogens (primary N) is 1. The molecule has 0 radical (unpaired) electrons. The zero-order valence-corrected chi connectivity index (χ0v) is 13.6. The molecule has 10 nitrogen and oxygen atoms in total. The number of anilines is 1. The largest absolute Gasteiger partial charge is 0.448 e. The highest BCUT2D eigenvalue weighted by Crippen LogP contribution is 2.32. The minimum absolute atomic E-state index is 0.0159. The summed E-state index contributed by atoms with van der Waals surface area (Å²) in [6.07, 6.45) is -0.773. The fourth-order valence-electron chi connectivity index (χ4n) is 3.00. The first kappa shape index (κ1) is 17.4. The van der Waals surface area contributed by atoms with E-state index in [2.05, 4.69) is 15.4 Å². The molecule has 5 amide bonds. The van der Waals surface area contributed by atoms with Crippen molar-refractivity contribution in [3.63, 3.8) is 0 Å². The predicted molar refractivity (Wildman–Crippen MR) is 87.1 cm³/mol. The Bertz CT molecular complexity index is 821. The maximum Gasteiger partial charge on any atom is 0.404 e. The van der Waals surface area contributed by atoms with E-state index >= 15 is 0 Å². The minimum Gasteiger partial charge on any atom is -0.448 e. The first-order valence-corrected chi connectivity index (χ1v) is 7.91. The lowest BCUT2D eigenvalue weighted by atomic mass is 10.0. The van der Waals surface area contributed by atoms with Crippen LogP contribution in [0.15, 0.2) is 18.2 Å². The molecule has 1 aromatic carbocycles. The number of benzene rings is 1. The van der Waals surface area contributed by atoms with Crippen molar-refractivity contribution >= 4 is 35.4 Å². The number of rotatable bonds is 5. The summed E-state index contributed by atoms with van der Waals surface area (Å²) in [5.41, 5.74) is 5.56. The molecule has 1 fully saturated rings. The van der Waals surface area contributed by atoms with E-state index in [1.165, 1.54) is 6.07 Å². The SMILES string of the molecule is NC(=O)OCCNc1cccc2c1C(=O)N(C1CCC(=O)NC1=O)C2=O. The molecule has 136 valence electrons. The molecule has 2 aliphatic rings. The van der Waals surface area contributed by atoms with Crippen LogP contribution in [0.5, 0.6) is 0 Å². The fraction of sp³-hybridized carbons (Fsp3) is 0.312. The highest BCUT2D eigenvalue weighted by Gasteiger charge is 2.45. The molecule has 0 spiro atoms. The van der Waals surface area contributed by atoms with Gasteiger partial charge in [-0.2, -0.15) is 0 Å². The quantitative estimate of drug-likeness (QED) is 0.478. The Kier molecular flexibility index (Phi) is 4.57. The van der Waals surface area contributed by atoms with Gasteiger partial charge in [0.25, 0.3) is 11.8 Å². The van der Waals surface area contributed by atoms with Crippen LogP contribution >= 0.6 is 0 Å². The Hall–Kier alpha value is -3.43. The molecule has 2 aliphatic heterocycles. The molecular weight excluding hydrogens is 344 g/mol. The van der Waals surface area contributed by atoms with E-state index in [0.29, 0.717) is 5.69 Å². The van der Waals surface area contributed by atoms with Gasteiger partial charge < -0.3 is 15.8 Å². The normalized spacial score (nSPS) is 19.2. The summed E-state index contributed by atoms with van der Waals surface area (Å²) in [4.78, 5) is 60.2. The average molecular weight is 360 g/mol. The number of carbonyl (C=O) groups excluding carboxylic acids is 5. The number of hydrogen-bond donors (Lipinski definition) is 3. The van der Waals surface area contributed by atoms with Gasteiger partial charge in [0.2, 0.25) is 11.8 Å². The molecule has 0 bridgehead atoms. The number of imide groups is 2. The van der Waals surface area contributed by atoms with Crippen LogP contribution in [0.4, 0.5) is 10.5 Å². The third kappa shape index (κ3) is 3.08. The molecule has 1 unspecified atom stereocenters. The van der Waals surface area contributed by atoms with Gasteiger partial charge >= 0.3 is 6.09 Å². The van der Waals surface area contributed by atoms with E-state index in [1.54, 1.807) is 12.1 Å². The number of ether oxygens (including phenoxy) is 1. The highest BCUT2D eigenvalue weighted by molar-refractivity contribution is 6.25. The third-order valence-electron chi connectivity index (χ3n) is 4.13. The number of carbonyl (C=O) groups is 5. The Morgan fingerprint density at radius 3 is 2.73 bits per heavy atom. The summed E-state index contributed by atoms with van der Waals surface area (Å²) in [7, 11) is 0. The molecule has 4 N–H and O–H groups in total. The van der Waals surface area contributed by atoms with E-state index in [9.17, 15) is 24.0 Å². The van der Waals surface area contributed by atoms with Crippen molar-refractivity contribution in [2.75, 3.05) is 18.5 Å². The van der Waals surface area contributed by atoms with Crippen molar-refractivity contribution in [2.45, 2.75) is 18.9 Å². The van der Waals surface area contributed by atoms with E-state index in [-0.39, 0.29) is 37.1 Å². The van der Waals surface area contributed by atoms with Crippen LogP contribution < -0.4 is 16.4 Å². The molecule has 2 heterocycles. The first-order chi connectivity index (χ1) is 12.4. The van der Waals surface area contributed by atoms with Crippen LogP contribution in [0.1, 0.15) is 33.6 Å². The number of fused-ring (bicyclic) bond motifs is 1. The van der Waals surface area contributed by atoms with Crippen LogP contribution in [0.2, 0.25) is 0 Å². The maximum atomic E-state index is 12.8. The Morgan fingerprint density at radius 2 is 2.04 bits per heavy atom. The summed E-state index contributed by atoms with van der Waals surface area (Å²) >= 11 is 0. The van der Waals surface area contributed by atoms with Gasteiger partial charge in [-0.3, -0.25) is 29.4 Å². The number of piperidine rings is 1. The van der Waals surface area contributed by atoms with Crippen molar-refractivity contribution in [3.05, 3.63) is 29.3 Å². The molecule has 0 saturated carbocycles. The Morgan fingerprint density at radius 1 is 1.27 bits per heavy atom. The van der Waals surface area contributed by atoms with E-state index in [1.807, 2.05) is 0 Å². The molecule has 3 rings (SSSR count). The third-order valence-corrected chi connectivity index (χ3v) is 4.13. The van der Waals surface area contributed by atoms with Crippen molar-refractivity contribution in [2.24, 2.45) is 5.73 Å². The molecule has 26 heavy (non-hydrogen) atoms. The topological polar surface area (TPSA) is 148 Å². The summed E-state index contributed by atoms with van der Waals surface area (Å²) in [5.74, 6) is -2.30. The predicted octanol–water partition coefficient (Wildman–Crippen LogP) is -0.405. The number of amides is 5. The van der Waals surface area contributed by atoms with Crippen molar-refractivity contribution in [1.82, 2.24) is 10.2 Å². The minimum atomic E-state index is -1.02. The van der Waals surface area contributed by atoms with Gasteiger partial charge in [0, 0.05) is 18.7 Å². The average Bonchev–Trinajstić information content (AvgIpc) is 2.84. The lowest BCUT2D eigenvalue weighted by Gasteiger charge is -2.27. The monoisotopic (exact) mass is 360 g/mol. The number of hydrogen-bond acceptors (Lipinski definition) is 7. The first-order valence-electron chi connectivity index (χ1n) is 7.91. The van der Waals surface area contributed by atoms with Crippen LogP contribution in [-0.4, -0.2) is 53.8 Å². The Balaban J connectivity index is 1.81. The second kappa shape index (κ2) is 6.82. The van der Waals surface area contributed by atoms with Crippen LogP contribution in [0, 0.1) is 0 Å². The van der Waals surface area contributed by atoms with Gasteiger partial charge in [0.05, 0.1) is 11.1 Å². The molecule has 10 heteroatoms. The highest BCUT2D eigenvalue weighted by atomic mass is 16.5. The van der Waals surface area contributed by atoms with Crippen molar-refractivity contribution in [1.29, 1.82) is 0 Å². The van der Waals surface area contributed by atoms with Gasteiger partial charge in [0.15, 0.2) is 0 Å². The Labute approximate surface area is 147 Å². The number of nitrogens with one attached hydrogen (secondary N) is 2. The molecule has 0 aliphatic carbocycles. The maximum absolute atomic E-state index is 12.8. The standard InChI is InChI=1S/C16H16N4O6/c17-16(25)26-7-6-18-9-3-1-2-8-12(9)15(24)20(14(8)23)10-4-5-11(21)19-13(10)22/h1-3,10,18H,4-7H2,(H2,17,25)(H,19,21,22). The molecule has 1 atom stereocenters. The van der Waals surface area contributed by atoms with Crippen molar-refractivity contribution < 1.29 is 28.7 Å². The van der Waals surface area contributed by atoms with Crippen LogP contribution in [-0.2, 0) is 14.3 Å². The van der Waals surface area contributed by atoms with E-state index < -0.39 is 35.8 Å². The van der Waals surface area contributed by atoms with Gasteiger partial charge in [-0.1, -0.05) is 6.07 Å². The lowest BCUT2D eigenvalue weighted by Crippen LogP contribution is -2.54. The van der Waals surface area contributed by atoms with Gasteiger partial charge in [0.1, 0.15) is 12.6 Å².